The van der Waals surface area contributed by atoms with E-state index in [0.29, 0.717) is 11.8 Å². The number of imidazole rings is 1. The molecular formula is C24H28N6. The van der Waals surface area contributed by atoms with E-state index < -0.39 is 0 Å². The van der Waals surface area contributed by atoms with Gasteiger partial charge in [0.15, 0.2) is 0 Å². The normalized spacial score (nSPS) is 19.3. The first-order valence-electron chi connectivity index (χ1n) is 10.8. The zero-order valence-electron chi connectivity index (χ0n) is 18.0. The molecule has 1 N–H and O–H groups in total. The maximum absolute atomic E-state index is 5.12. The number of hydrogen-bond acceptors (Lipinski definition) is 4. The summed E-state index contributed by atoms with van der Waals surface area (Å²) in [4.78, 5) is 13.0. The molecule has 6 nitrogen and oxygen atoms in total. The van der Waals surface area contributed by atoms with Crippen molar-refractivity contribution in [3.8, 4) is 5.69 Å². The first kappa shape index (κ1) is 18.9. The lowest BCUT2D eigenvalue weighted by molar-refractivity contribution is 0.513. The van der Waals surface area contributed by atoms with Crippen molar-refractivity contribution >= 4 is 16.7 Å². The molecule has 2 aromatic carbocycles. The van der Waals surface area contributed by atoms with Crippen LogP contribution in [0.5, 0.6) is 0 Å². The SMILES string of the molecule is Cc1ccc(-n2nccn2)c(N2CC[C@H](C)[C@H]2c2nc3c(C(C)C)cccc3[nH]2)c1. The number of nitrogens with one attached hydrogen (secondary N) is 1. The second kappa shape index (κ2) is 7.27. The van der Waals surface area contributed by atoms with Crippen molar-refractivity contribution in [3.63, 3.8) is 0 Å². The molecule has 5 rings (SSSR count). The Morgan fingerprint density at radius 2 is 1.87 bits per heavy atom. The number of benzene rings is 2. The lowest BCUT2D eigenvalue weighted by Crippen LogP contribution is -2.27. The molecule has 3 heterocycles. The number of aromatic nitrogens is 5. The van der Waals surface area contributed by atoms with Gasteiger partial charge in [0.2, 0.25) is 0 Å². The van der Waals surface area contributed by atoms with E-state index in [1.807, 2.05) is 0 Å². The largest absolute Gasteiger partial charge is 0.359 e. The van der Waals surface area contributed by atoms with Crippen molar-refractivity contribution < 1.29 is 0 Å². The van der Waals surface area contributed by atoms with Gasteiger partial charge in [0.25, 0.3) is 0 Å². The van der Waals surface area contributed by atoms with Gasteiger partial charge in [-0.05, 0) is 54.5 Å². The zero-order chi connectivity index (χ0) is 20.8. The average Bonchev–Trinajstić information content (AvgIpc) is 3.46. The molecule has 0 amide bonds. The van der Waals surface area contributed by atoms with Gasteiger partial charge in [-0.15, -0.1) is 4.80 Å². The van der Waals surface area contributed by atoms with Gasteiger partial charge >= 0.3 is 0 Å². The Morgan fingerprint density at radius 1 is 1.07 bits per heavy atom. The zero-order valence-corrected chi connectivity index (χ0v) is 18.0. The molecule has 30 heavy (non-hydrogen) atoms. The number of fused-ring (bicyclic) bond motifs is 1. The van der Waals surface area contributed by atoms with E-state index in [9.17, 15) is 0 Å². The summed E-state index contributed by atoms with van der Waals surface area (Å²) < 4.78 is 0. The summed E-state index contributed by atoms with van der Waals surface area (Å²) in [5.74, 6) is 1.98. The molecule has 1 aliphatic rings. The number of nitrogens with zero attached hydrogens (tertiary/aromatic N) is 5. The molecule has 1 fully saturated rings. The second-order valence-electron chi connectivity index (χ2n) is 8.74. The van der Waals surface area contributed by atoms with Gasteiger partial charge in [-0.25, -0.2) is 4.98 Å². The molecule has 0 spiro atoms. The molecule has 6 heteroatoms. The third-order valence-electron chi connectivity index (χ3n) is 6.24. The molecule has 1 saturated heterocycles. The molecule has 154 valence electrons. The van der Waals surface area contributed by atoms with E-state index >= 15 is 0 Å². The number of rotatable bonds is 4. The maximum Gasteiger partial charge on any atom is 0.130 e. The Morgan fingerprint density at radius 3 is 2.63 bits per heavy atom. The lowest BCUT2D eigenvalue weighted by Gasteiger charge is -2.29. The molecule has 0 radical (unpaired) electrons. The summed E-state index contributed by atoms with van der Waals surface area (Å²) in [7, 11) is 0. The highest BCUT2D eigenvalue weighted by molar-refractivity contribution is 5.79. The topological polar surface area (TPSA) is 62.6 Å². The van der Waals surface area contributed by atoms with Crippen LogP contribution >= 0.6 is 0 Å². The Kier molecular flexibility index (Phi) is 4.57. The average molecular weight is 401 g/mol. The Labute approximate surface area is 176 Å². The van der Waals surface area contributed by atoms with Crippen molar-refractivity contribution in [1.29, 1.82) is 0 Å². The summed E-state index contributed by atoms with van der Waals surface area (Å²) in [5, 5.41) is 8.77. The number of hydrogen-bond donors (Lipinski definition) is 1. The van der Waals surface area contributed by atoms with Gasteiger partial charge in [-0.3, -0.25) is 0 Å². The summed E-state index contributed by atoms with van der Waals surface area (Å²) >= 11 is 0. The van der Waals surface area contributed by atoms with Crippen LogP contribution in [0.3, 0.4) is 0 Å². The highest BCUT2D eigenvalue weighted by atomic mass is 15.5. The fraction of sp³-hybridized carbons (Fsp3) is 0.375. The summed E-state index contributed by atoms with van der Waals surface area (Å²) in [6, 6.07) is 13.1. The first-order valence-corrected chi connectivity index (χ1v) is 10.8. The minimum atomic E-state index is 0.188. The number of para-hydroxylation sites is 1. The quantitative estimate of drug-likeness (QED) is 0.514. The Balaban J connectivity index is 1.63. The van der Waals surface area contributed by atoms with Crippen LogP contribution in [0, 0.1) is 12.8 Å². The highest BCUT2D eigenvalue weighted by Gasteiger charge is 2.36. The predicted octanol–water partition coefficient (Wildman–Crippen LogP) is 5.16. The number of H-pyrrole nitrogens is 1. The minimum absolute atomic E-state index is 0.188. The van der Waals surface area contributed by atoms with E-state index in [4.69, 9.17) is 4.98 Å². The summed E-state index contributed by atoms with van der Waals surface area (Å²) in [6.45, 7) is 9.89. The Bertz CT molecular complexity index is 1170. The molecule has 2 atom stereocenters. The highest BCUT2D eigenvalue weighted by Crippen LogP contribution is 2.42. The van der Waals surface area contributed by atoms with Crippen LogP contribution in [0.15, 0.2) is 48.8 Å². The first-order chi connectivity index (χ1) is 14.5. The van der Waals surface area contributed by atoms with Crippen molar-refractivity contribution in [1.82, 2.24) is 25.0 Å². The fourth-order valence-corrected chi connectivity index (χ4v) is 4.69. The second-order valence-corrected chi connectivity index (χ2v) is 8.74. The third-order valence-corrected chi connectivity index (χ3v) is 6.24. The summed E-state index contributed by atoms with van der Waals surface area (Å²) in [5.41, 5.74) is 6.90. The molecular weight excluding hydrogens is 372 g/mol. The van der Waals surface area contributed by atoms with E-state index in [-0.39, 0.29) is 6.04 Å². The summed E-state index contributed by atoms with van der Waals surface area (Å²) in [6.07, 6.45) is 4.57. The number of aromatic amines is 1. The molecule has 2 aromatic heterocycles. The van der Waals surface area contributed by atoms with Crippen LogP contribution in [0.25, 0.3) is 16.7 Å². The maximum atomic E-state index is 5.12. The lowest BCUT2D eigenvalue weighted by atomic mass is 10.0. The van der Waals surface area contributed by atoms with E-state index in [2.05, 4.69) is 84.2 Å². The van der Waals surface area contributed by atoms with E-state index in [1.165, 1.54) is 11.1 Å². The molecule has 1 aliphatic heterocycles. The third kappa shape index (κ3) is 3.07. The van der Waals surface area contributed by atoms with Crippen LogP contribution in [-0.4, -0.2) is 31.5 Å². The standard InChI is InChI=1S/C24H28N6/c1-15(2)18-6-5-7-19-22(18)28-24(27-19)23-17(4)10-13-29(23)21-14-16(3)8-9-20(21)30-25-11-12-26-30/h5-9,11-12,14-15,17,23H,10,13H2,1-4H3,(H,27,28)/t17-,23-/m0/s1. The van der Waals surface area contributed by atoms with Gasteiger partial charge in [0, 0.05) is 6.54 Å². The van der Waals surface area contributed by atoms with Crippen LogP contribution in [0.2, 0.25) is 0 Å². The molecule has 0 aliphatic carbocycles. The fourth-order valence-electron chi connectivity index (χ4n) is 4.69. The molecule has 4 aromatic rings. The minimum Gasteiger partial charge on any atom is -0.359 e. The van der Waals surface area contributed by atoms with Crippen LogP contribution in [0.1, 0.15) is 56.1 Å². The van der Waals surface area contributed by atoms with Gasteiger partial charge in [-0.2, -0.15) is 10.2 Å². The van der Waals surface area contributed by atoms with Crippen molar-refractivity contribution in [2.75, 3.05) is 11.4 Å². The van der Waals surface area contributed by atoms with Crippen molar-refractivity contribution in [2.24, 2.45) is 5.92 Å². The number of aryl methyl sites for hydroxylation is 1. The van der Waals surface area contributed by atoms with Crippen LogP contribution < -0.4 is 4.90 Å². The number of anilines is 1. The Hall–Kier alpha value is -3.15. The predicted molar refractivity (Wildman–Crippen MR) is 120 cm³/mol. The van der Waals surface area contributed by atoms with Crippen molar-refractivity contribution in [3.05, 3.63) is 65.7 Å². The smallest absolute Gasteiger partial charge is 0.130 e. The van der Waals surface area contributed by atoms with Crippen LogP contribution in [-0.2, 0) is 0 Å². The van der Waals surface area contributed by atoms with Gasteiger partial charge in [0.05, 0.1) is 35.2 Å². The molecule has 0 saturated carbocycles. The molecule has 0 bridgehead atoms. The van der Waals surface area contributed by atoms with Gasteiger partial charge in [-0.1, -0.05) is 39.0 Å². The van der Waals surface area contributed by atoms with Gasteiger partial charge < -0.3 is 9.88 Å². The van der Waals surface area contributed by atoms with Crippen molar-refractivity contribution in [2.45, 2.75) is 46.1 Å². The van der Waals surface area contributed by atoms with Crippen LogP contribution in [0.4, 0.5) is 5.69 Å². The molecule has 0 unspecified atom stereocenters. The van der Waals surface area contributed by atoms with Gasteiger partial charge in [0.1, 0.15) is 11.5 Å². The van der Waals surface area contributed by atoms with E-state index in [0.717, 1.165) is 41.2 Å². The monoisotopic (exact) mass is 400 g/mol. The van der Waals surface area contributed by atoms with E-state index in [1.54, 1.807) is 17.2 Å².